The highest BCUT2D eigenvalue weighted by Gasteiger charge is 1.99. The van der Waals surface area contributed by atoms with Crippen molar-refractivity contribution < 1.29 is 9.53 Å². The predicted octanol–water partition coefficient (Wildman–Crippen LogP) is 2.79. The van der Waals surface area contributed by atoms with Gasteiger partial charge in [-0.25, -0.2) is 5.43 Å². The molecule has 1 amide bonds. The lowest BCUT2D eigenvalue weighted by Crippen LogP contribution is -2.36. The topological polar surface area (TPSA) is 50.4 Å². The largest absolute Gasteiger partial charge is 0.494 e. The molecule has 106 valence electrons. The standard InChI is InChI=1S/C15H24N2O2/c1-3-5-11-19-14-9-7-13(8-10-14)12-16-17-15(18)6-4-2/h7-10,16H,3-6,11-12H2,1-2H3,(H,17,18). The van der Waals surface area contributed by atoms with Gasteiger partial charge in [0.25, 0.3) is 0 Å². The molecule has 4 nitrogen and oxygen atoms in total. The normalized spacial score (nSPS) is 10.2. The Bertz CT molecular complexity index is 363. The summed E-state index contributed by atoms with van der Waals surface area (Å²) in [6, 6.07) is 7.92. The number of hydrogen-bond acceptors (Lipinski definition) is 3. The number of carbonyl (C=O) groups is 1. The molecule has 0 aliphatic heterocycles. The van der Waals surface area contributed by atoms with Crippen LogP contribution in [-0.2, 0) is 11.3 Å². The molecular formula is C15H24N2O2. The lowest BCUT2D eigenvalue weighted by molar-refractivity contribution is -0.122. The lowest BCUT2D eigenvalue weighted by atomic mass is 10.2. The van der Waals surface area contributed by atoms with E-state index in [4.69, 9.17) is 4.74 Å². The quantitative estimate of drug-likeness (QED) is 0.532. The number of carbonyl (C=O) groups excluding carboxylic acids is 1. The molecular weight excluding hydrogens is 240 g/mol. The van der Waals surface area contributed by atoms with E-state index in [1.807, 2.05) is 31.2 Å². The minimum Gasteiger partial charge on any atom is -0.494 e. The monoisotopic (exact) mass is 264 g/mol. The van der Waals surface area contributed by atoms with Crippen molar-refractivity contribution in [1.82, 2.24) is 10.9 Å². The summed E-state index contributed by atoms with van der Waals surface area (Å²) in [5.74, 6) is 0.925. The van der Waals surface area contributed by atoms with Gasteiger partial charge in [-0.1, -0.05) is 32.4 Å². The number of unbranched alkanes of at least 4 members (excludes halogenated alkanes) is 1. The summed E-state index contributed by atoms with van der Waals surface area (Å²) in [6.07, 6.45) is 3.63. The zero-order chi connectivity index (χ0) is 13.9. The van der Waals surface area contributed by atoms with Crippen molar-refractivity contribution >= 4 is 5.91 Å². The smallest absolute Gasteiger partial charge is 0.234 e. The van der Waals surface area contributed by atoms with Gasteiger partial charge in [-0.05, 0) is 30.5 Å². The van der Waals surface area contributed by atoms with E-state index in [9.17, 15) is 4.79 Å². The Balaban J connectivity index is 2.26. The molecule has 1 rings (SSSR count). The Kier molecular flexibility index (Phi) is 7.66. The van der Waals surface area contributed by atoms with Crippen LogP contribution in [-0.4, -0.2) is 12.5 Å². The number of nitrogens with one attached hydrogen (secondary N) is 2. The molecule has 0 aliphatic carbocycles. The first-order valence-electron chi connectivity index (χ1n) is 6.99. The maximum Gasteiger partial charge on any atom is 0.234 e. The van der Waals surface area contributed by atoms with E-state index >= 15 is 0 Å². The molecule has 0 spiro atoms. The maximum atomic E-state index is 11.2. The zero-order valence-corrected chi connectivity index (χ0v) is 11.9. The van der Waals surface area contributed by atoms with Crippen LogP contribution in [0.2, 0.25) is 0 Å². The van der Waals surface area contributed by atoms with E-state index in [2.05, 4.69) is 17.8 Å². The second kappa shape index (κ2) is 9.39. The van der Waals surface area contributed by atoms with Crippen LogP contribution in [0.4, 0.5) is 0 Å². The average molecular weight is 264 g/mol. The molecule has 0 bridgehead atoms. The van der Waals surface area contributed by atoms with E-state index in [0.29, 0.717) is 13.0 Å². The Morgan fingerprint density at radius 3 is 2.53 bits per heavy atom. The molecule has 0 atom stereocenters. The van der Waals surface area contributed by atoms with E-state index in [1.54, 1.807) is 0 Å². The minimum absolute atomic E-state index is 0.0296. The number of amides is 1. The van der Waals surface area contributed by atoms with Crippen LogP contribution in [0.25, 0.3) is 0 Å². The average Bonchev–Trinajstić information content (AvgIpc) is 2.41. The molecule has 0 saturated heterocycles. The van der Waals surface area contributed by atoms with Crippen molar-refractivity contribution in [3.63, 3.8) is 0 Å². The molecule has 4 heteroatoms. The summed E-state index contributed by atoms with van der Waals surface area (Å²) in [7, 11) is 0. The van der Waals surface area contributed by atoms with E-state index in [-0.39, 0.29) is 5.91 Å². The van der Waals surface area contributed by atoms with Crippen molar-refractivity contribution in [2.45, 2.75) is 46.1 Å². The van der Waals surface area contributed by atoms with Gasteiger partial charge in [-0.3, -0.25) is 10.2 Å². The second-order valence-electron chi connectivity index (χ2n) is 4.50. The van der Waals surface area contributed by atoms with Gasteiger partial charge in [0.05, 0.1) is 6.61 Å². The molecule has 0 fully saturated rings. The summed E-state index contributed by atoms with van der Waals surface area (Å²) in [6.45, 7) is 5.51. The molecule has 2 N–H and O–H groups in total. The van der Waals surface area contributed by atoms with Crippen molar-refractivity contribution in [3.8, 4) is 5.75 Å². The summed E-state index contributed by atoms with van der Waals surface area (Å²) in [5.41, 5.74) is 6.70. The van der Waals surface area contributed by atoms with Crippen LogP contribution < -0.4 is 15.6 Å². The molecule has 1 aromatic carbocycles. The van der Waals surface area contributed by atoms with E-state index < -0.39 is 0 Å². The number of hydrogen-bond donors (Lipinski definition) is 2. The molecule has 0 radical (unpaired) electrons. The predicted molar refractivity (Wildman–Crippen MR) is 76.7 cm³/mol. The van der Waals surface area contributed by atoms with Crippen LogP contribution >= 0.6 is 0 Å². The SMILES string of the molecule is CCCCOc1ccc(CNNC(=O)CCC)cc1. The molecule has 0 heterocycles. The van der Waals surface area contributed by atoms with E-state index in [1.165, 1.54) is 0 Å². The first kappa shape index (κ1) is 15.5. The third kappa shape index (κ3) is 6.82. The van der Waals surface area contributed by atoms with Gasteiger partial charge < -0.3 is 4.74 Å². The van der Waals surface area contributed by atoms with Gasteiger partial charge in [-0.2, -0.15) is 0 Å². The zero-order valence-electron chi connectivity index (χ0n) is 11.9. The van der Waals surface area contributed by atoms with Crippen molar-refractivity contribution in [2.75, 3.05) is 6.61 Å². The first-order chi connectivity index (χ1) is 9.26. The Labute approximate surface area is 115 Å². The van der Waals surface area contributed by atoms with Crippen LogP contribution in [0.5, 0.6) is 5.75 Å². The number of hydrazine groups is 1. The second-order valence-corrected chi connectivity index (χ2v) is 4.50. The Hall–Kier alpha value is -1.55. The minimum atomic E-state index is 0.0296. The molecule has 0 aliphatic rings. The third-order valence-corrected chi connectivity index (χ3v) is 2.69. The number of rotatable bonds is 9. The molecule has 0 unspecified atom stereocenters. The van der Waals surface area contributed by atoms with Crippen LogP contribution in [0, 0.1) is 0 Å². The van der Waals surface area contributed by atoms with Gasteiger partial charge in [-0.15, -0.1) is 0 Å². The summed E-state index contributed by atoms with van der Waals surface area (Å²) in [5, 5.41) is 0. The van der Waals surface area contributed by atoms with E-state index in [0.717, 1.165) is 37.2 Å². The first-order valence-corrected chi connectivity index (χ1v) is 6.99. The summed E-state index contributed by atoms with van der Waals surface area (Å²) >= 11 is 0. The highest BCUT2D eigenvalue weighted by Crippen LogP contribution is 2.12. The third-order valence-electron chi connectivity index (χ3n) is 2.69. The van der Waals surface area contributed by atoms with Crippen molar-refractivity contribution in [1.29, 1.82) is 0 Å². The van der Waals surface area contributed by atoms with Crippen LogP contribution in [0.1, 0.15) is 45.1 Å². The molecule has 19 heavy (non-hydrogen) atoms. The highest BCUT2D eigenvalue weighted by molar-refractivity contribution is 5.75. The van der Waals surface area contributed by atoms with Gasteiger partial charge >= 0.3 is 0 Å². The Morgan fingerprint density at radius 2 is 1.89 bits per heavy atom. The van der Waals surface area contributed by atoms with Crippen molar-refractivity contribution in [3.05, 3.63) is 29.8 Å². The maximum absolute atomic E-state index is 11.2. The van der Waals surface area contributed by atoms with Crippen LogP contribution in [0.3, 0.4) is 0 Å². The summed E-state index contributed by atoms with van der Waals surface area (Å²) < 4.78 is 5.59. The molecule has 0 saturated carbocycles. The van der Waals surface area contributed by atoms with Gasteiger partial charge in [0.1, 0.15) is 5.75 Å². The van der Waals surface area contributed by atoms with Gasteiger partial charge in [0.2, 0.25) is 5.91 Å². The fraction of sp³-hybridized carbons (Fsp3) is 0.533. The van der Waals surface area contributed by atoms with Gasteiger partial charge in [0.15, 0.2) is 0 Å². The summed E-state index contributed by atoms with van der Waals surface area (Å²) in [4.78, 5) is 11.2. The van der Waals surface area contributed by atoms with Crippen molar-refractivity contribution in [2.24, 2.45) is 0 Å². The van der Waals surface area contributed by atoms with Crippen LogP contribution in [0.15, 0.2) is 24.3 Å². The lowest BCUT2D eigenvalue weighted by Gasteiger charge is -2.08. The fourth-order valence-electron chi connectivity index (χ4n) is 1.57. The molecule has 0 aromatic heterocycles. The Morgan fingerprint density at radius 1 is 1.16 bits per heavy atom. The number of benzene rings is 1. The highest BCUT2D eigenvalue weighted by atomic mass is 16.5. The number of ether oxygens (including phenoxy) is 1. The van der Waals surface area contributed by atoms with Gasteiger partial charge in [0, 0.05) is 13.0 Å². The molecule has 1 aromatic rings. The fourth-order valence-corrected chi connectivity index (χ4v) is 1.57.